The van der Waals surface area contributed by atoms with Crippen molar-refractivity contribution in [1.82, 2.24) is 15.5 Å². The molecule has 0 spiro atoms. The Balaban J connectivity index is 3.59. The first kappa shape index (κ1) is 10.6. The van der Waals surface area contributed by atoms with Crippen molar-refractivity contribution in [3.05, 3.63) is 0 Å². The number of hydrogen-bond donors (Lipinski definition) is 2. The smallest absolute Gasteiger partial charge is 0.143 e. The van der Waals surface area contributed by atoms with Gasteiger partial charge in [0.15, 0.2) is 0 Å². The molecule has 0 rings (SSSR count). The third-order valence-electron chi connectivity index (χ3n) is 1.21. The minimum Gasteiger partial charge on any atom is -0.307 e. The van der Waals surface area contributed by atoms with Crippen LogP contribution >= 0.6 is 0 Å². The molecule has 0 fully saturated rings. The predicted molar refractivity (Wildman–Crippen MR) is 45.2 cm³/mol. The van der Waals surface area contributed by atoms with Crippen molar-refractivity contribution in [2.45, 2.75) is 6.92 Å². The van der Waals surface area contributed by atoms with Gasteiger partial charge in [-0.1, -0.05) is 0 Å². The van der Waals surface area contributed by atoms with Gasteiger partial charge in [-0.05, 0) is 21.0 Å². The molecule has 66 valence electrons. The molecule has 0 aliphatic heterocycles. The van der Waals surface area contributed by atoms with E-state index in [1.54, 1.807) is 6.92 Å². The summed E-state index contributed by atoms with van der Waals surface area (Å²) in [4.78, 5) is 12.7. The number of nitrogens with one attached hydrogen (secondary N) is 2. The maximum atomic E-state index is 10.7. The average Bonchev–Trinajstić information content (AvgIpc) is 1.87. The van der Waals surface area contributed by atoms with E-state index in [2.05, 4.69) is 10.6 Å². The molecule has 0 unspecified atom stereocenters. The van der Waals surface area contributed by atoms with Crippen molar-refractivity contribution >= 4 is 5.78 Å². The monoisotopic (exact) mass is 159 g/mol. The minimum absolute atomic E-state index is 0.190. The quantitative estimate of drug-likeness (QED) is 0.500. The molecular weight excluding hydrogens is 142 g/mol. The van der Waals surface area contributed by atoms with Crippen molar-refractivity contribution in [2.75, 3.05) is 34.0 Å². The molecule has 2 N–H and O–H groups in total. The molecule has 0 radical (unpaired) electrons. The summed E-state index contributed by atoms with van der Waals surface area (Å²) in [5.41, 5.74) is 0. The second kappa shape index (κ2) is 6.27. The largest absolute Gasteiger partial charge is 0.307 e. The summed E-state index contributed by atoms with van der Waals surface area (Å²) in [5.74, 6) is 0.190. The normalized spacial score (nSPS) is 10.5. The third-order valence-corrected chi connectivity index (χ3v) is 1.21. The van der Waals surface area contributed by atoms with Crippen LogP contribution in [0.1, 0.15) is 6.92 Å². The van der Waals surface area contributed by atoms with E-state index in [0.717, 1.165) is 13.3 Å². The summed E-state index contributed by atoms with van der Waals surface area (Å²) in [5, 5.41) is 5.98. The van der Waals surface area contributed by atoms with Gasteiger partial charge in [0.2, 0.25) is 0 Å². The van der Waals surface area contributed by atoms with Crippen molar-refractivity contribution in [3.63, 3.8) is 0 Å². The summed E-state index contributed by atoms with van der Waals surface area (Å²) in [6.45, 7) is 3.57. The molecule has 0 aromatic carbocycles. The van der Waals surface area contributed by atoms with Crippen LogP contribution in [-0.4, -0.2) is 44.7 Å². The van der Waals surface area contributed by atoms with Gasteiger partial charge in [0, 0.05) is 13.3 Å². The van der Waals surface area contributed by atoms with Gasteiger partial charge in [-0.25, -0.2) is 0 Å². The lowest BCUT2D eigenvalue weighted by atomic mass is 10.4. The topological polar surface area (TPSA) is 44.4 Å². The first-order chi connectivity index (χ1) is 5.20. The van der Waals surface area contributed by atoms with Crippen molar-refractivity contribution in [2.24, 2.45) is 0 Å². The van der Waals surface area contributed by atoms with Crippen molar-refractivity contribution in [1.29, 1.82) is 0 Å². The Kier molecular flexibility index (Phi) is 6.02. The standard InChI is InChI=1S/C7H17N3O/c1-7(11)4-10(5-8-2)6-9-3/h8-9H,4-6H2,1-3H3. The molecule has 0 amide bonds. The first-order valence-electron chi connectivity index (χ1n) is 3.71. The molecule has 0 saturated carbocycles. The Morgan fingerprint density at radius 1 is 1.27 bits per heavy atom. The number of rotatable bonds is 6. The molecule has 0 saturated heterocycles. The number of hydrogen-bond acceptors (Lipinski definition) is 4. The van der Waals surface area contributed by atoms with Gasteiger partial charge >= 0.3 is 0 Å². The van der Waals surface area contributed by atoms with E-state index in [4.69, 9.17) is 0 Å². The fourth-order valence-corrected chi connectivity index (χ4v) is 0.930. The zero-order valence-electron chi connectivity index (χ0n) is 7.48. The number of nitrogens with zero attached hydrogens (tertiary/aromatic N) is 1. The van der Waals surface area contributed by atoms with E-state index in [-0.39, 0.29) is 5.78 Å². The van der Waals surface area contributed by atoms with Crippen LogP contribution in [0.3, 0.4) is 0 Å². The van der Waals surface area contributed by atoms with E-state index in [1.807, 2.05) is 19.0 Å². The Labute approximate surface area is 67.9 Å². The van der Waals surface area contributed by atoms with Crippen LogP contribution in [0.15, 0.2) is 0 Å². The van der Waals surface area contributed by atoms with Gasteiger partial charge in [-0.3, -0.25) is 9.69 Å². The zero-order chi connectivity index (χ0) is 8.69. The SMILES string of the molecule is CNCN(CNC)CC(C)=O. The van der Waals surface area contributed by atoms with Crippen LogP contribution in [-0.2, 0) is 4.79 Å². The predicted octanol–water partition coefficient (Wildman–Crippen LogP) is -0.769. The fourth-order valence-electron chi connectivity index (χ4n) is 0.930. The molecule has 0 aromatic rings. The van der Waals surface area contributed by atoms with Crippen molar-refractivity contribution < 1.29 is 4.79 Å². The van der Waals surface area contributed by atoms with Gasteiger partial charge in [0.1, 0.15) is 5.78 Å². The zero-order valence-corrected chi connectivity index (χ0v) is 7.48. The molecule has 0 aliphatic carbocycles. The number of carbonyl (C=O) groups excluding carboxylic acids is 1. The average molecular weight is 159 g/mol. The lowest BCUT2D eigenvalue weighted by Crippen LogP contribution is -2.40. The first-order valence-corrected chi connectivity index (χ1v) is 3.71. The number of ketones is 1. The van der Waals surface area contributed by atoms with Gasteiger partial charge in [-0.15, -0.1) is 0 Å². The number of Topliss-reactive ketones (excluding diaryl/α,β-unsaturated/α-hetero) is 1. The highest BCUT2D eigenvalue weighted by molar-refractivity contribution is 5.77. The summed E-state index contributed by atoms with van der Waals surface area (Å²) in [6.07, 6.45) is 0. The second-order valence-corrected chi connectivity index (χ2v) is 2.55. The van der Waals surface area contributed by atoms with Crippen LogP contribution in [0.25, 0.3) is 0 Å². The Hall–Kier alpha value is -0.450. The molecule has 0 aromatic heterocycles. The Morgan fingerprint density at radius 3 is 2.00 bits per heavy atom. The summed E-state index contributed by atoms with van der Waals surface area (Å²) in [6, 6.07) is 0. The molecule has 0 bridgehead atoms. The van der Waals surface area contributed by atoms with E-state index < -0.39 is 0 Å². The van der Waals surface area contributed by atoms with Crippen molar-refractivity contribution in [3.8, 4) is 0 Å². The fraction of sp³-hybridized carbons (Fsp3) is 0.857. The Morgan fingerprint density at radius 2 is 1.73 bits per heavy atom. The number of carbonyl (C=O) groups is 1. The van der Waals surface area contributed by atoms with E-state index >= 15 is 0 Å². The molecule has 0 atom stereocenters. The third kappa shape index (κ3) is 5.97. The summed E-state index contributed by atoms with van der Waals surface area (Å²) >= 11 is 0. The molecule has 4 heteroatoms. The van der Waals surface area contributed by atoms with E-state index in [9.17, 15) is 4.79 Å². The van der Waals surface area contributed by atoms with Crippen LogP contribution in [0.2, 0.25) is 0 Å². The van der Waals surface area contributed by atoms with Gasteiger partial charge < -0.3 is 10.6 Å². The van der Waals surface area contributed by atoms with Gasteiger partial charge in [0.25, 0.3) is 0 Å². The van der Waals surface area contributed by atoms with Crippen LogP contribution in [0, 0.1) is 0 Å². The van der Waals surface area contributed by atoms with Crippen LogP contribution < -0.4 is 10.6 Å². The molecule has 11 heavy (non-hydrogen) atoms. The Bertz CT molecular complexity index is 110. The van der Waals surface area contributed by atoms with Gasteiger partial charge in [-0.2, -0.15) is 0 Å². The second-order valence-electron chi connectivity index (χ2n) is 2.55. The maximum Gasteiger partial charge on any atom is 0.143 e. The lowest BCUT2D eigenvalue weighted by Gasteiger charge is -2.19. The van der Waals surface area contributed by atoms with E-state index in [1.165, 1.54) is 0 Å². The maximum absolute atomic E-state index is 10.7. The molecular formula is C7H17N3O. The van der Waals surface area contributed by atoms with E-state index in [0.29, 0.717) is 6.54 Å². The highest BCUT2D eigenvalue weighted by Gasteiger charge is 2.03. The lowest BCUT2D eigenvalue weighted by molar-refractivity contribution is -0.118. The minimum atomic E-state index is 0.190. The highest BCUT2D eigenvalue weighted by Crippen LogP contribution is 1.82. The molecule has 4 nitrogen and oxygen atoms in total. The van der Waals surface area contributed by atoms with Crippen LogP contribution in [0.5, 0.6) is 0 Å². The molecule has 0 heterocycles. The molecule has 0 aliphatic rings. The highest BCUT2D eigenvalue weighted by atomic mass is 16.1. The van der Waals surface area contributed by atoms with Crippen LogP contribution in [0.4, 0.5) is 0 Å². The summed E-state index contributed by atoms with van der Waals surface area (Å²) in [7, 11) is 3.73. The summed E-state index contributed by atoms with van der Waals surface area (Å²) < 4.78 is 0. The van der Waals surface area contributed by atoms with Gasteiger partial charge in [0.05, 0.1) is 6.54 Å².